The van der Waals surface area contributed by atoms with E-state index in [-0.39, 0.29) is 0 Å². The molecule has 1 aliphatic heterocycles. The van der Waals surface area contributed by atoms with Crippen molar-refractivity contribution in [1.29, 1.82) is 0 Å². The third kappa shape index (κ3) is 6.09. The third-order valence-corrected chi connectivity index (χ3v) is 4.93. The van der Waals surface area contributed by atoms with Gasteiger partial charge < -0.3 is 14.4 Å². The van der Waals surface area contributed by atoms with E-state index < -0.39 is 0 Å². The number of nitrogens with zero attached hydrogens (tertiary/aromatic N) is 1. The van der Waals surface area contributed by atoms with Crippen molar-refractivity contribution in [3.63, 3.8) is 0 Å². The summed E-state index contributed by atoms with van der Waals surface area (Å²) in [4.78, 5) is 2.53. The van der Waals surface area contributed by atoms with Crippen LogP contribution in [0, 0.1) is 25.7 Å². The van der Waals surface area contributed by atoms with Gasteiger partial charge in [0.05, 0.1) is 17.7 Å². The van der Waals surface area contributed by atoms with Gasteiger partial charge in [0.15, 0.2) is 0 Å². The number of aryl methyl sites for hydroxylation is 2. The number of ether oxygens (including phenoxy) is 2. The Morgan fingerprint density at radius 2 is 1.78 bits per heavy atom. The van der Waals surface area contributed by atoms with E-state index in [1.165, 1.54) is 25.1 Å². The molecule has 130 valence electrons. The quantitative estimate of drug-likeness (QED) is 0.649. The van der Waals surface area contributed by atoms with Gasteiger partial charge in [-0.2, -0.15) is 0 Å². The fraction of sp³-hybridized carbons (Fsp3) is 0.684. The summed E-state index contributed by atoms with van der Waals surface area (Å²) in [5, 5.41) is 0. The van der Waals surface area contributed by atoms with Crippen molar-refractivity contribution in [3.8, 4) is 5.75 Å². The Balaban J connectivity index is 1.63. The first-order valence-electron chi connectivity index (χ1n) is 8.65. The first-order valence-corrected chi connectivity index (χ1v) is 9.44. The van der Waals surface area contributed by atoms with Crippen molar-refractivity contribution in [1.82, 2.24) is 4.90 Å². The smallest absolute Gasteiger partial charge is 0.136 e. The molecule has 3 nitrogen and oxygen atoms in total. The van der Waals surface area contributed by atoms with Gasteiger partial charge in [-0.1, -0.05) is 19.9 Å². The molecule has 0 radical (unpaired) electrons. The van der Waals surface area contributed by atoms with Gasteiger partial charge in [0.1, 0.15) is 12.4 Å². The molecule has 0 aliphatic carbocycles. The van der Waals surface area contributed by atoms with Crippen LogP contribution in [0.1, 0.15) is 31.4 Å². The number of halogens is 1. The summed E-state index contributed by atoms with van der Waals surface area (Å²) in [6.45, 7) is 14.3. The zero-order valence-corrected chi connectivity index (χ0v) is 16.5. The van der Waals surface area contributed by atoms with Crippen LogP contribution in [0.2, 0.25) is 0 Å². The molecule has 1 aromatic carbocycles. The number of piperidine rings is 1. The zero-order chi connectivity index (χ0) is 16.8. The minimum Gasteiger partial charge on any atom is -0.490 e. The summed E-state index contributed by atoms with van der Waals surface area (Å²) in [7, 11) is 0. The van der Waals surface area contributed by atoms with Crippen molar-refractivity contribution >= 4 is 15.9 Å². The number of rotatable bonds is 7. The molecule has 0 aromatic heterocycles. The molecule has 0 saturated carbocycles. The van der Waals surface area contributed by atoms with Gasteiger partial charge >= 0.3 is 0 Å². The predicted octanol–water partition coefficient (Wildman–Crippen LogP) is 4.44. The molecule has 2 rings (SSSR count). The molecule has 1 saturated heterocycles. The maximum atomic E-state index is 5.86. The number of benzene rings is 1. The van der Waals surface area contributed by atoms with E-state index in [4.69, 9.17) is 9.47 Å². The van der Waals surface area contributed by atoms with Crippen molar-refractivity contribution in [2.75, 3.05) is 39.5 Å². The Bertz CT molecular complexity index is 473. The van der Waals surface area contributed by atoms with E-state index in [1.807, 2.05) is 0 Å². The van der Waals surface area contributed by atoms with Gasteiger partial charge in [0.2, 0.25) is 0 Å². The van der Waals surface area contributed by atoms with Gasteiger partial charge in [0.25, 0.3) is 0 Å². The molecule has 0 bridgehead atoms. The average Bonchev–Trinajstić information content (AvgIpc) is 2.43. The Morgan fingerprint density at radius 3 is 2.43 bits per heavy atom. The van der Waals surface area contributed by atoms with Crippen molar-refractivity contribution in [2.45, 2.75) is 34.1 Å². The lowest BCUT2D eigenvalue weighted by molar-refractivity contribution is 0.0593. The second-order valence-corrected chi connectivity index (χ2v) is 7.91. The Labute approximate surface area is 149 Å². The molecule has 1 heterocycles. The summed E-state index contributed by atoms with van der Waals surface area (Å²) in [6.07, 6.45) is 1.36. The summed E-state index contributed by atoms with van der Waals surface area (Å²) in [5.41, 5.74) is 2.40. The Hall–Kier alpha value is -0.580. The number of hydrogen-bond acceptors (Lipinski definition) is 3. The van der Waals surface area contributed by atoms with Crippen LogP contribution >= 0.6 is 15.9 Å². The van der Waals surface area contributed by atoms with Crippen LogP contribution in [-0.2, 0) is 4.74 Å². The van der Waals surface area contributed by atoms with Crippen LogP contribution in [0.3, 0.4) is 0 Å². The van der Waals surface area contributed by atoms with Gasteiger partial charge in [-0.3, -0.25) is 0 Å². The number of likely N-dealkylation sites (tertiary alicyclic amines) is 1. The molecule has 23 heavy (non-hydrogen) atoms. The molecular formula is C19H30BrNO2. The molecule has 1 aromatic rings. The minimum absolute atomic E-state index is 0.593. The summed E-state index contributed by atoms with van der Waals surface area (Å²) < 4.78 is 12.6. The normalized spacial score (nSPS) is 22.3. The van der Waals surface area contributed by atoms with E-state index in [0.29, 0.717) is 13.2 Å². The van der Waals surface area contributed by atoms with Crippen molar-refractivity contribution < 1.29 is 9.47 Å². The SMILES string of the molecule is Cc1cc(C)c(OCCOCCN2CC(C)CC(C)C2)c(Br)c1. The second-order valence-electron chi connectivity index (χ2n) is 7.06. The summed E-state index contributed by atoms with van der Waals surface area (Å²) in [5.74, 6) is 2.55. The highest BCUT2D eigenvalue weighted by Crippen LogP contribution is 2.30. The van der Waals surface area contributed by atoms with Gasteiger partial charge in [0, 0.05) is 19.6 Å². The molecule has 0 amide bonds. The second kappa shape index (κ2) is 9.05. The molecule has 0 N–H and O–H groups in total. The van der Waals surface area contributed by atoms with Gasteiger partial charge in [-0.05, 0) is 65.2 Å². The van der Waals surface area contributed by atoms with Gasteiger partial charge in [-0.15, -0.1) is 0 Å². The van der Waals surface area contributed by atoms with Crippen LogP contribution < -0.4 is 4.74 Å². The highest BCUT2D eigenvalue weighted by molar-refractivity contribution is 9.10. The largest absolute Gasteiger partial charge is 0.490 e. The zero-order valence-electron chi connectivity index (χ0n) is 14.9. The van der Waals surface area contributed by atoms with Crippen LogP contribution in [0.4, 0.5) is 0 Å². The highest BCUT2D eigenvalue weighted by Gasteiger charge is 2.21. The lowest BCUT2D eigenvalue weighted by Crippen LogP contribution is -2.40. The topological polar surface area (TPSA) is 21.7 Å². The maximum absolute atomic E-state index is 5.86. The van der Waals surface area contributed by atoms with Crippen molar-refractivity contribution in [3.05, 3.63) is 27.7 Å². The van der Waals surface area contributed by atoms with Crippen LogP contribution in [0.5, 0.6) is 5.75 Å². The third-order valence-electron chi connectivity index (χ3n) is 4.34. The van der Waals surface area contributed by atoms with E-state index >= 15 is 0 Å². The minimum atomic E-state index is 0.593. The highest BCUT2D eigenvalue weighted by atomic mass is 79.9. The first-order chi connectivity index (χ1) is 11.0. The molecule has 2 unspecified atom stereocenters. The molecule has 1 fully saturated rings. The molecule has 1 aliphatic rings. The molecule has 2 atom stereocenters. The standard InChI is InChI=1S/C19H30BrNO2/c1-14-10-17(4)19(18(20)11-14)23-8-7-22-6-5-21-12-15(2)9-16(3)13-21/h10-11,15-16H,5-9,12-13H2,1-4H3. The lowest BCUT2D eigenvalue weighted by atomic mass is 9.92. The Morgan fingerprint density at radius 1 is 1.09 bits per heavy atom. The summed E-state index contributed by atoms with van der Waals surface area (Å²) >= 11 is 3.57. The van der Waals surface area contributed by atoms with Crippen LogP contribution in [0.15, 0.2) is 16.6 Å². The molecule has 4 heteroatoms. The van der Waals surface area contributed by atoms with E-state index in [0.717, 1.165) is 40.8 Å². The first kappa shape index (κ1) is 18.8. The predicted molar refractivity (Wildman–Crippen MR) is 99.3 cm³/mol. The van der Waals surface area contributed by atoms with Crippen molar-refractivity contribution in [2.24, 2.45) is 11.8 Å². The fourth-order valence-electron chi connectivity index (χ4n) is 3.56. The lowest BCUT2D eigenvalue weighted by Gasteiger charge is -2.34. The van der Waals surface area contributed by atoms with E-state index in [1.54, 1.807) is 0 Å². The number of hydrogen-bond donors (Lipinski definition) is 0. The Kier molecular flexibility index (Phi) is 7.38. The average molecular weight is 384 g/mol. The van der Waals surface area contributed by atoms with Gasteiger partial charge in [-0.25, -0.2) is 0 Å². The monoisotopic (exact) mass is 383 g/mol. The van der Waals surface area contributed by atoms with Crippen LogP contribution in [0.25, 0.3) is 0 Å². The molecule has 0 spiro atoms. The molecular weight excluding hydrogens is 354 g/mol. The maximum Gasteiger partial charge on any atom is 0.136 e. The van der Waals surface area contributed by atoms with Crippen LogP contribution in [-0.4, -0.2) is 44.4 Å². The fourth-order valence-corrected chi connectivity index (χ4v) is 4.35. The van der Waals surface area contributed by atoms with E-state index in [2.05, 4.69) is 60.7 Å². The van der Waals surface area contributed by atoms with E-state index in [9.17, 15) is 0 Å². The summed E-state index contributed by atoms with van der Waals surface area (Å²) in [6, 6.07) is 4.22.